The van der Waals surface area contributed by atoms with Crippen molar-refractivity contribution in [3.63, 3.8) is 0 Å². The maximum Gasteiger partial charge on any atom is 0.326 e. The summed E-state index contributed by atoms with van der Waals surface area (Å²) >= 11 is 0. The average molecular weight is 444 g/mol. The standard InChI is InChI=1S/C22H24N2O8/c25-18-1-2-19(26)23(18)9-22(29)32-17-6-12-5-16(17)15-8-13(7-14(12)15)31-11-30-10-24-20(27)3-4-21(24)28/h1-4,12-17H,5-11H2. The minimum Gasteiger partial charge on any atom is -0.461 e. The summed E-state index contributed by atoms with van der Waals surface area (Å²) in [5.41, 5.74) is 0. The van der Waals surface area contributed by atoms with Gasteiger partial charge in [0.2, 0.25) is 0 Å². The lowest BCUT2D eigenvalue weighted by molar-refractivity contribution is -0.158. The Morgan fingerprint density at radius 3 is 2.12 bits per heavy atom. The maximum absolute atomic E-state index is 12.3. The molecule has 32 heavy (non-hydrogen) atoms. The molecule has 0 aromatic rings. The molecular formula is C22H24N2O8. The van der Waals surface area contributed by atoms with Crippen LogP contribution in [0.2, 0.25) is 0 Å². The molecule has 10 nitrogen and oxygen atoms in total. The molecule has 2 bridgehead atoms. The van der Waals surface area contributed by atoms with Gasteiger partial charge in [0.25, 0.3) is 23.6 Å². The molecule has 0 radical (unpaired) electrons. The van der Waals surface area contributed by atoms with Crippen molar-refractivity contribution in [1.29, 1.82) is 0 Å². The number of carbonyl (C=O) groups excluding carboxylic acids is 5. The van der Waals surface area contributed by atoms with Crippen LogP contribution in [-0.4, -0.2) is 71.7 Å². The van der Waals surface area contributed by atoms with Crippen LogP contribution < -0.4 is 0 Å². The van der Waals surface area contributed by atoms with Crippen molar-refractivity contribution in [3.8, 4) is 0 Å². The monoisotopic (exact) mass is 444 g/mol. The Hall–Kier alpha value is -2.85. The van der Waals surface area contributed by atoms with Gasteiger partial charge in [0.1, 0.15) is 26.2 Å². The van der Waals surface area contributed by atoms with E-state index in [1.165, 1.54) is 12.2 Å². The minimum atomic E-state index is -0.552. The number of imide groups is 2. The summed E-state index contributed by atoms with van der Waals surface area (Å²) in [5.74, 6) is -0.660. The maximum atomic E-state index is 12.3. The summed E-state index contributed by atoms with van der Waals surface area (Å²) in [4.78, 5) is 60.5. The molecule has 170 valence electrons. The Kier molecular flexibility index (Phi) is 5.42. The number of esters is 1. The molecule has 6 atom stereocenters. The van der Waals surface area contributed by atoms with Crippen molar-refractivity contribution < 1.29 is 38.2 Å². The van der Waals surface area contributed by atoms with Gasteiger partial charge in [0.05, 0.1) is 6.10 Å². The van der Waals surface area contributed by atoms with Gasteiger partial charge in [-0.05, 0) is 49.4 Å². The molecule has 3 fully saturated rings. The number of nitrogens with zero attached hydrogens (tertiary/aromatic N) is 2. The van der Waals surface area contributed by atoms with Gasteiger partial charge in [-0.25, -0.2) is 0 Å². The first-order chi connectivity index (χ1) is 15.4. The molecule has 4 amide bonds. The highest BCUT2D eigenvalue weighted by atomic mass is 16.7. The van der Waals surface area contributed by atoms with Gasteiger partial charge in [-0.15, -0.1) is 0 Å². The summed E-state index contributed by atoms with van der Waals surface area (Å²) in [6.45, 7) is -0.487. The highest BCUT2D eigenvalue weighted by molar-refractivity contribution is 6.14. The highest BCUT2D eigenvalue weighted by Gasteiger charge is 2.57. The van der Waals surface area contributed by atoms with Crippen LogP contribution >= 0.6 is 0 Å². The number of amides is 4. The Bertz CT molecular complexity index is 891. The van der Waals surface area contributed by atoms with Crippen LogP contribution in [0.25, 0.3) is 0 Å². The molecule has 0 N–H and O–H groups in total. The molecule has 5 aliphatic rings. The molecule has 10 heteroatoms. The normalized spacial score (nSPS) is 35.0. The molecular weight excluding hydrogens is 420 g/mol. The van der Waals surface area contributed by atoms with Crippen molar-refractivity contribution in [2.75, 3.05) is 20.1 Å². The molecule has 3 saturated carbocycles. The van der Waals surface area contributed by atoms with E-state index >= 15 is 0 Å². The van der Waals surface area contributed by atoms with Crippen LogP contribution in [0, 0.1) is 23.7 Å². The Morgan fingerprint density at radius 1 is 0.812 bits per heavy atom. The largest absolute Gasteiger partial charge is 0.461 e. The van der Waals surface area contributed by atoms with Crippen LogP contribution in [0.4, 0.5) is 0 Å². The lowest BCUT2D eigenvalue weighted by atomic mass is 9.80. The van der Waals surface area contributed by atoms with Crippen LogP contribution in [-0.2, 0) is 38.2 Å². The van der Waals surface area contributed by atoms with Gasteiger partial charge >= 0.3 is 5.97 Å². The Balaban J connectivity index is 1.06. The third kappa shape index (κ3) is 3.77. The zero-order valence-electron chi connectivity index (χ0n) is 17.4. The predicted molar refractivity (Wildman–Crippen MR) is 105 cm³/mol. The quantitative estimate of drug-likeness (QED) is 0.224. The van der Waals surface area contributed by atoms with Crippen molar-refractivity contribution in [1.82, 2.24) is 9.80 Å². The van der Waals surface area contributed by atoms with Crippen molar-refractivity contribution >= 4 is 29.6 Å². The van der Waals surface area contributed by atoms with Gasteiger partial charge < -0.3 is 14.2 Å². The van der Waals surface area contributed by atoms with Crippen LogP contribution in [0.3, 0.4) is 0 Å². The summed E-state index contributed by atoms with van der Waals surface area (Å²) in [7, 11) is 0. The van der Waals surface area contributed by atoms with E-state index in [-0.39, 0.29) is 38.2 Å². The van der Waals surface area contributed by atoms with Gasteiger partial charge in [0, 0.05) is 24.3 Å². The van der Waals surface area contributed by atoms with Crippen LogP contribution in [0.15, 0.2) is 24.3 Å². The number of rotatable bonds is 8. The molecule has 0 aromatic carbocycles. The van der Waals surface area contributed by atoms with E-state index in [1.807, 2.05) is 0 Å². The topological polar surface area (TPSA) is 120 Å². The molecule has 0 saturated heterocycles. The van der Waals surface area contributed by atoms with Crippen molar-refractivity contribution in [3.05, 3.63) is 24.3 Å². The molecule has 2 heterocycles. The molecule has 0 spiro atoms. The van der Waals surface area contributed by atoms with E-state index in [9.17, 15) is 24.0 Å². The van der Waals surface area contributed by atoms with Crippen molar-refractivity contribution in [2.45, 2.75) is 37.9 Å². The van der Waals surface area contributed by atoms with E-state index in [0.29, 0.717) is 17.8 Å². The van der Waals surface area contributed by atoms with Gasteiger partial charge in [0.15, 0.2) is 0 Å². The fourth-order valence-electron chi connectivity index (χ4n) is 5.98. The summed E-state index contributed by atoms with van der Waals surface area (Å²) in [6.07, 6.45) is 8.14. The first-order valence-corrected chi connectivity index (χ1v) is 10.9. The molecule has 3 aliphatic carbocycles. The van der Waals surface area contributed by atoms with Gasteiger partial charge in [-0.3, -0.25) is 33.8 Å². The van der Waals surface area contributed by atoms with Crippen LogP contribution in [0.1, 0.15) is 25.7 Å². The summed E-state index contributed by atoms with van der Waals surface area (Å²) < 4.78 is 16.9. The van der Waals surface area contributed by atoms with E-state index in [0.717, 1.165) is 47.6 Å². The average Bonchev–Trinajstić information content (AvgIpc) is 3.54. The third-order valence-electron chi connectivity index (χ3n) is 7.34. The molecule has 6 unspecified atom stereocenters. The van der Waals surface area contributed by atoms with Crippen molar-refractivity contribution in [2.24, 2.45) is 23.7 Å². The lowest BCUT2D eigenvalue weighted by Gasteiger charge is -2.31. The third-order valence-corrected chi connectivity index (χ3v) is 7.34. The smallest absolute Gasteiger partial charge is 0.326 e. The first kappa shape index (κ1) is 21.0. The molecule has 0 aromatic heterocycles. The predicted octanol–water partition coefficient (Wildman–Crippen LogP) is 0.131. The number of carbonyl (C=O) groups is 5. The summed E-state index contributed by atoms with van der Waals surface area (Å²) in [5, 5.41) is 0. The lowest BCUT2D eigenvalue weighted by Crippen LogP contribution is -2.39. The number of hydrogen-bond acceptors (Lipinski definition) is 8. The van der Waals surface area contributed by atoms with E-state index in [1.54, 1.807) is 0 Å². The second-order valence-corrected chi connectivity index (χ2v) is 9.00. The summed E-state index contributed by atoms with van der Waals surface area (Å²) in [6, 6.07) is 0. The van der Waals surface area contributed by atoms with Crippen LogP contribution in [0.5, 0.6) is 0 Å². The van der Waals surface area contributed by atoms with E-state index < -0.39 is 29.6 Å². The Labute approximate surface area is 184 Å². The minimum absolute atomic E-state index is 0.000835. The van der Waals surface area contributed by atoms with E-state index in [2.05, 4.69) is 0 Å². The van der Waals surface area contributed by atoms with Gasteiger partial charge in [-0.1, -0.05) is 0 Å². The SMILES string of the molecule is O=C(CN1C(=O)C=CC1=O)OC1CC2CC1C1CC(OCOCN3C(=O)C=CC3=O)CC21. The number of fused-ring (bicyclic) bond motifs is 5. The zero-order valence-corrected chi connectivity index (χ0v) is 17.4. The molecule has 2 aliphatic heterocycles. The number of hydrogen-bond donors (Lipinski definition) is 0. The molecule has 5 rings (SSSR count). The second-order valence-electron chi connectivity index (χ2n) is 9.00. The number of ether oxygens (including phenoxy) is 3. The fourth-order valence-corrected chi connectivity index (χ4v) is 5.98. The first-order valence-electron chi connectivity index (χ1n) is 10.9. The second kappa shape index (κ2) is 8.25. The van der Waals surface area contributed by atoms with Gasteiger partial charge in [-0.2, -0.15) is 0 Å². The van der Waals surface area contributed by atoms with E-state index in [4.69, 9.17) is 14.2 Å². The zero-order chi connectivity index (χ0) is 22.4. The highest BCUT2D eigenvalue weighted by Crippen LogP contribution is 2.59. The Morgan fingerprint density at radius 2 is 1.44 bits per heavy atom. The fraction of sp³-hybridized carbons (Fsp3) is 0.591.